The van der Waals surface area contributed by atoms with Gasteiger partial charge in [0.2, 0.25) is 0 Å². The number of ether oxygens (including phenoxy) is 2. The van der Waals surface area contributed by atoms with Gasteiger partial charge in [0.25, 0.3) is 5.91 Å². The highest BCUT2D eigenvalue weighted by Crippen LogP contribution is 2.20. The van der Waals surface area contributed by atoms with Gasteiger partial charge in [-0.3, -0.25) is 4.79 Å². The number of hydrogen-bond donors (Lipinski definition) is 1. The van der Waals surface area contributed by atoms with Gasteiger partial charge in [0.1, 0.15) is 5.69 Å². The predicted octanol–water partition coefficient (Wildman–Crippen LogP) is 1.98. The molecule has 1 aromatic rings. The summed E-state index contributed by atoms with van der Waals surface area (Å²) in [6, 6.07) is 0. The van der Waals surface area contributed by atoms with Crippen LogP contribution in [0.3, 0.4) is 0 Å². The van der Waals surface area contributed by atoms with Crippen molar-refractivity contribution in [1.29, 1.82) is 0 Å². The Morgan fingerprint density at radius 2 is 1.79 bits per heavy atom. The second-order valence-electron chi connectivity index (χ2n) is 5.93. The average Bonchev–Trinajstić information content (AvgIpc) is 3.15. The molecular weight excluding hydrogens is 312 g/mol. The van der Waals surface area contributed by atoms with Gasteiger partial charge in [-0.25, -0.2) is 9.59 Å². The lowest BCUT2D eigenvalue weighted by Gasteiger charge is -2.20. The minimum Gasteiger partial charge on any atom is -0.462 e. The van der Waals surface area contributed by atoms with Gasteiger partial charge in [0.15, 0.2) is 6.10 Å². The zero-order valence-electron chi connectivity index (χ0n) is 14.6. The Labute approximate surface area is 141 Å². The third kappa shape index (κ3) is 3.60. The quantitative estimate of drug-likeness (QED) is 0.831. The van der Waals surface area contributed by atoms with E-state index in [2.05, 4.69) is 4.98 Å². The molecule has 0 bridgehead atoms. The fourth-order valence-electron chi connectivity index (χ4n) is 2.93. The molecule has 0 aliphatic carbocycles. The molecule has 7 heteroatoms. The smallest absolute Gasteiger partial charge is 0.355 e. The van der Waals surface area contributed by atoms with E-state index in [0.717, 1.165) is 12.8 Å². The van der Waals surface area contributed by atoms with Crippen molar-refractivity contribution in [3.63, 3.8) is 0 Å². The molecule has 1 aromatic heterocycles. The first-order valence-corrected chi connectivity index (χ1v) is 8.22. The fourth-order valence-corrected chi connectivity index (χ4v) is 2.93. The Hall–Kier alpha value is -2.31. The van der Waals surface area contributed by atoms with Gasteiger partial charge < -0.3 is 19.4 Å². The maximum atomic E-state index is 12.4. The summed E-state index contributed by atoms with van der Waals surface area (Å²) >= 11 is 0. The lowest BCUT2D eigenvalue weighted by molar-refractivity contribution is -0.138. The molecule has 24 heavy (non-hydrogen) atoms. The van der Waals surface area contributed by atoms with E-state index >= 15 is 0 Å². The summed E-state index contributed by atoms with van der Waals surface area (Å²) < 4.78 is 10.3. The summed E-state index contributed by atoms with van der Waals surface area (Å²) in [5.41, 5.74) is 1.52. The summed E-state index contributed by atoms with van der Waals surface area (Å²) in [4.78, 5) is 41.1. The van der Waals surface area contributed by atoms with E-state index in [1.807, 2.05) is 0 Å². The zero-order valence-corrected chi connectivity index (χ0v) is 14.6. The molecule has 132 valence electrons. The molecule has 2 rings (SSSR count). The largest absolute Gasteiger partial charge is 0.462 e. The first-order valence-electron chi connectivity index (χ1n) is 8.22. The number of nitrogens with zero attached hydrogens (tertiary/aromatic N) is 1. The number of amides is 1. The van der Waals surface area contributed by atoms with Crippen LogP contribution in [-0.2, 0) is 14.3 Å². The number of hydrogen-bond acceptors (Lipinski definition) is 5. The number of H-pyrrole nitrogens is 1. The van der Waals surface area contributed by atoms with Gasteiger partial charge >= 0.3 is 11.9 Å². The first-order chi connectivity index (χ1) is 11.4. The van der Waals surface area contributed by atoms with E-state index < -0.39 is 18.0 Å². The van der Waals surface area contributed by atoms with Crippen molar-refractivity contribution in [3.8, 4) is 0 Å². The Morgan fingerprint density at radius 3 is 2.38 bits per heavy atom. The summed E-state index contributed by atoms with van der Waals surface area (Å²) in [6.07, 6.45) is 1.10. The Bertz CT molecular complexity index is 644. The average molecular weight is 336 g/mol. The molecule has 1 saturated heterocycles. The van der Waals surface area contributed by atoms with Crippen LogP contribution in [0.15, 0.2) is 0 Å². The number of aryl methyl sites for hydroxylation is 1. The number of likely N-dealkylation sites (tertiary alicyclic amines) is 1. The van der Waals surface area contributed by atoms with Crippen molar-refractivity contribution < 1.29 is 23.9 Å². The third-order valence-corrected chi connectivity index (χ3v) is 4.17. The van der Waals surface area contributed by atoms with Crippen molar-refractivity contribution >= 4 is 17.8 Å². The van der Waals surface area contributed by atoms with Gasteiger partial charge in [0, 0.05) is 18.8 Å². The maximum Gasteiger partial charge on any atom is 0.355 e. The Morgan fingerprint density at radius 1 is 1.17 bits per heavy atom. The van der Waals surface area contributed by atoms with E-state index in [0.29, 0.717) is 29.9 Å². The van der Waals surface area contributed by atoms with Crippen molar-refractivity contribution in [2.24, 2.45) is 0 Å². The molecule has 1 N–H and O–H groups in total. The standard InChI is InChI=1S/C17H24N2O5/c1-5-23-16(21)13-10(2)14(18-11(13)3)17(22)24-12(4)15(20)19-8-6-7-9-19/h12,18H,5-9H2,1-4H3. The highest BCUT2D eigenvalue weighted by atomic mass is 16.5. The summed E-state index contributed by atoms with van der Waals surface area (Å²) in [6.45, 7) is 8.28. The topological polar surface area (TPSA) is 88.7 Å². The van der Waals surface area contributed by atoms with Crippen molar-refractivity contribution in [1.82, 2.24) is 9.88 Å². The van der Waals surface area contributed by atoms with Crippen molar-refractivity contribution in [2.45, 2.75) is 46.6 Å². The predicted molar refractivity (Wildman–Crippen MR) is 86.9 cm³/mol. The van der Waals surface area contributed by atoms with Crippen LogP contribution >= 0.6 is 0 Å². The highest BCUT2D eigenvalue weighted by molar-refractivity contribution is 5.99. The van der Waals surface area contributed by atoms with E-state index in [9.17, 15) is 14.4 Å². The molecule has 1 amide bonds. The number of aromatic nitrogens is 1. The molecule has 1 aliphatic rings. The maximum absolute atomic E-state index is 12.4. The lowest BCUT2D eigenvalue weighted by atomic mass is 10.1. The molecular formula is C17H24N2O5. The minimum atomic E-state index is -0.857. The van der Waals surface area contributed by atoms with E-state index in [-0.39, 0.29) is 18.2 Å². The van der Waals surface area contributed by atoms with Gasteiger partial charge in [0.05, 0.1) is 12.2 Å². The number of aromatic amines is 1. The molecule has 0 saturated carbocycles. The van der Waals surface area contributed by atoms with Crippen LogP contribution in [0.2, 0.25) is 0 Å². The van der Waals surface area contributed by atoms with Crippen LogP contribution in [0.25, 0.3) is 0 Å². The molecule has 1 aliphatic heterocycles. The molecule has 1 fully saturated rings. The lowest BCUT2D eigenvalue weighted by Crippen LogP contribution is -2.38. The van der Waals surface area contributed by atoms with E-state index in [4.69, 9.17) is 9.47 Å². The Kier molecular flexibility index (Phi) is 5.64. The first kappa shape index (κ1) is 18.0. The molecule has 0 spiro atoms. The monoisotopic (exact) mass is 336 g/mol. The second-order valence-corrected chi connectivity index (χ2v) is 5.93. The normalized spacial score (nSPS) is 15.2. The molecule has 1 unspecified atom stereocenters. The van der Waals surface area contributed by atoms with Gasteiger partial charge in [-0.1, -0.05) is 0 Å². The molecule has 7 nitrogen and oxygen atoms in total. The van der Waals surface area contributed by atoms with Crippen LogP contribution in [0.4, 0.5) is 0 Å². The zero-order chi connectivity index (χ0) is 17.9. The summed E-state index contributed by atoms with van der Waals surface area (Å²) in [7, 11) is 0. The van der Waals surface area contributed by atoms with Crippen LogP contribution < -0.4 is 0 Å². The van der Waals surface area contributed by atoms with Gasteiger partial charge in [-0.2, -0.15) is 0 Å². The van der Waals surface area contributed by atoms with Gasteiger partial charge in [-0.05, 0) is 46.1 Å². The van der Waals surface area contributed by atoms with Crippen LogP contribution in [0, 0.1) is 13.8 Å². The summed E-state index contributed by atoms with van der Waals surface area (Å²) in [5, 5.41) is 0. The van der Waals surface area contributed by atoms with Gasteiger partial charge in [-0.15, -0.1) is 0 Å². The highest BCUT2D eigenvalue weighted by Gasteiger charge is 2.29. The number of nitrogens with one attached hydrogen (secondary N) is 1. The molecule has 1 atom stereocenters. The number of rotatable bonds is 5. The number of carbonyl (C=O) groups is 3. The third-order valence-electron chi connectivity index (χ3n) is 4.17. The van der Waals surface area contributed by atoms with Crippen molar-refractivity contribution in [3.05, 3.63) is 22.5 Å². The summed E-state index contributed by atoms with van der Waals surface area (Å²) in [5.74, 6) is -1.32. The van der Waals surface area contributed by atoms with E-state index in [1.54, 1.807) is 32.6 Å². The number of esters is 2. The van der Waals surface area contributed by atoms with Crippen LogP contribution in [-0.4, -0.2) is 53.5 Å². The molecule has 0 aromatic carbocycles. The second kappa shape index (κ2) is 7.51. The van der Waals surface area contributed by atoms with Crippen molar-refractivity contribution in [2.75, 3.05) is 19.7 Å². The number of carbonyl (C=O) groups excluding carboxylic acids is 3. The fraction of sp³-hybridized carbons (Fsp3) is 0.588. The minimum absolute atomic E-state index is 0.177. The Balaban J connectivity index is 2.11. The SMILES string of the molecule is CCOC(=O)c1c(C)[nH]c(C(=O)OC(C)C(=O)N2CCCC2)c1C. The molecule has 2 heterocycles. The van der Waals surface area contributed by atoms with Crippen LogP contribution in [0.5, 0.6) is 0 Å². The van der Waals surface area contributed by atoms with E-state index in [1.165, 1.54) is 0 Å². The molecule has 0 radical (unpaired) electrons. The van der Waals surface area contributed by atoms with Crippen LogP contribution in [0.1, 0.15) is 58.8 Å².